The Bertz CT molecular complexity index is 254. The maximum Gasteiger partial charge on any atom is 0.315 e. The Kier molecular flexibility index (Phi) is 5.25. The topological polar surface area (TPSA) is 61.4 Å². The highest BCUT2D eigenvalue weighted by atomic mass is 16.3. The molecule has 4 nitrogen and oxygen atoms in total. The second-order valence-corrected chi connectivity index (χ2v) is 5.82. The molecular formula is C13H26N2O2. The predicted molar refractivity (Wildman–Crippen MR) is 68.9 cm³/mol. The minimum absolute atomic E-state index is 0.0201. The van der Waals surface area contributed by atoms with Crippen LogP contribution >= 0.6 is 0 Å². The van der Waals surface area contributed by atoms with Crippen molar-refractivity contribution in [3.05, 3.63) is 0 Å². The molecule has 0 aromatic rings. The molecule has 0 spiro atoms. The van der Waals surface area contributed by atoms with Crippen LogP contribution in [-0.4, -0.2) is 29.8 Å². The summed E-state index contributed by atoms with van der Waals surface area (Å²) in [6, 6.07) is 0.176. The maximum atomic E-state index is 11.8. The van der Waals surface area contributed by atoms with E-state index in [-0.39, 0.29) is 30.1 Å². The number of carbonyl (C=O) groups is 1. The van der Waals surface area contributed by atoms with Crippen molar-refractivity contribution in [1.29, 1.82) is 0 Å². The van der Waals surface area contributed by atoms with Gasteiger partial charge in [0.15, 0.2) is 0 Å². The van der Waals surface area contributed by atoms with Gasteiger partial charge in [-0.1, -0.05) is 26.7 Å². The molecule has 0 radical (unpaired) electrons. The SMILES string of the molecule is C[C@H](CCO)NC(=O)NC1CCCCC1(C)C. The van der Waals surface area contributed by atoms with Crippen LogP contribution in [0, 0.1) is 5.41 Å². The Morgan fingerprint density at radius 1 is 1.47 bits per heavy atom. The summed E-state index contributed by atoms with van der Waals surface area (Å²) >= 11 is 0. The van der Waals surface area contributed by atoms with E-state index in [1.54, 1.807) is 0 Å². The molecule has 100 valence electrons. The molecule has 1 aliphatic rings. The summed E-state index contributed by atoms with van der Waals surface area (Å²) in [5.74, 6) is 0. The first-order chi connectivity index (χ1) is 7.95. The zero-order valence-electron chi connectivity index (χ0n) is 11.3. The molecule has 0 bridgehead atoms. The molecule has 2 amide bonds. The lowest BCUT2D eigenvalue weighted by atomic mass is 9.73. The van der Waals surface area contributed by atoms with Gasteiger partial charge in [-0.25, -0.2) is 4.79 Å². The van der Waals surface area contributed by atoms with Gasteiger partial charge in [0.25, 0.3) is 0 Å². The first-order valence-corrected chi connectivity index (χ1v) is 6.63. The molecular weight excluding hydrogens is 216 g/mol. The average molecular weight is 242 g/mol. The van der Waals surface area contributed by atoms with Crippen molar-refractivity contribution < 1.29 is 9.90 Å². The molecule has 3 N–H and O–H groups in total. The number of nitrogens with one attached hydrogen (secondary N) is 2. The number of rotatable bonds is 4. The summed E-state index contributed by atoms with van der Waals surface area (Å²) in [5, 5.41) is 14.7. The second-order valence-electron chi connectivity index (χ2n) is 5.82. The van der Waals surface area contributed by atoms with E-state index in [0.29, 0.717) is 6.42 Å². The second kappa shape index (κ2) is 6.24. The van der Waals surface area contributed by atoms with Crippen LogP contribution in [0.4, 0.5) is 4.79 Å². The van der Waals surface area contributed by atoms with Gasteiger partial charge in [-0.3, -0.25) is 0 Å². The number of hydrogen-bond acceptors (Lipinski definition) is 2. The number of hydrogen-bond donors (Lipinski definition) is 3. The van der Waals surface area contributed by atoms with E-state index in [1.165, 1.54) is 19.3 Å². The molecule has 0 aromatic heterocycles. The molecule has 4 heteroatoms. The predicted octanol–water partition coefficient (Wildman–Crippen LogP) is 2.03. The van der Waals surface area contributed by atoms with E-state index >= 15 is 0 Å². The van der Waals surface area contributed by atoms with E-state index in [1.807, 2.05) is 6.92 Å². The first-order valence-electron chi connectivity index (χ1n) is 6.63. The molecule has 2 atom stereocenters. The zero-order valence-corrected chi connectivity index (χ0v) is 11.3. The van der Waals surface area contributed by atoms with Crippen LogP contribution in [0.15, 0.2) is 0 Å². The van der Waals surface area contributed by atoms with E-state index in [0.717, 1.165) is 6.42 Å². The molecule has 0 aliphatic heterocycles. The minimum Gasteiger partial charge on any atom is -0.396 e. The van der Waals surface area contributed by atoms with Gasteiger partial charge in [0, 0.05) is 18.7 Å². The lowest BCUT2D eigenvalue weighted by Gasteiger charge is -2.39. The van der Waals surface area contributed by atoms with Crippen LogP contribution in [0.2, 0.25) is 0 Å². The van der Waals surface area contributed by atoms with E-state index in [2.05, 4.69) is 24.5 Å². The van der Waals surface area contributed by atoms with Gasteiger partial charge in [0.2, 0.25) is 0 Å². The van der Waals surface area contributed by atoms with E-state index < -0.39 is 0 Å². The average Bonchev–Trinajstić information content (AvgIpc) is 2.21. The van der Waals surface area contributed by atoms with Crippen LogP contribution < -0.4 is 10.6 Å². The summed E-state index contributed by atoms with van der Waals surface area (Å²) in [5.41, 5.74) is 0.190. The van der Waals surface area contributed by atoms with E-state index in [9.17, 15) is 4.79 Å². The van der Waals surface area contributed by atoms with Crippen molar-refractivity contribution in [2.45, 2.75) is 65.0 Å². The van der Waals surface area contributed by atoms with Crippen molar-refractivity contribution in [3.63, 3.8) is 0 Å². The Morgan fingerprint density at radius 3 is 2.76 bits per heavy atom. The normalized spacial score (nSPS) is 25.1. The van der Waals surface area contributed by atoms with Gasteiger partial charge in [-0.05, 0) is 31.6 Å². The van der Waals surface area contributed by atoms with Crippen molar-refractivity contribution in [2.24, 2.45) is 5.41 Å². The van der Waals surface area contributed by atoms with Crippen LogP contribution in [0.5, 0.6) is 0 Å². The number of aliphatic hydroxyl groups is 1. The van der Waals surface area contributed by atoms with Crippen LogP contribution in [0.3, 0.4) is 0 Å². The highest BCUT2D eigenvalue weighted by Crippen LogP contribution is 2.35. The lowest BCUT2D eigenvalue weighted by molar-refractivity contribution is 0.164. The standard InChI is InChI=1S/C13H26N2O2/c1-10(7-9-16)14-12(17)15-11-6-4-5-8-13(11,2)3/h10-11,16H,4-9H2,1-3H3,(H2,14,15,17)/t10-,11?/m1/s1. The Balaban J connectivity index is 2.39. The summed E-state index contributed by atoms with van der Waals surface area (Å²) in [4.78, 5) is 11.8. The molecule has 1 rings (SSSR count). The fourth-order valence-electron chi connectivity index (χ4n) is 2.45. The molecule has 0 saturated heterocycles. The third-order valence-corrected chi connectivity index (χ3v) is 3.75. The fourth-order valence-corrected chi connectivity index (χ4v) is 2.45. The van der Waals surface area contributed by atoms with Gasteiger partial charge in [-0.2, -0.15) is 0 Å². The summed E-state index contributed by atoms with van der Waals surface area (Å²) in [7, 11) is 0. The lowest BCUT2D eigenvalue weighted by Crippen LogP contribution is -2.51. The van der Waals surface area contributed by atoms with Crippen molar-refractivity contribution >= 4 is 6.03 Å². The summed E-state index contributed by atoms with van der Waals surface area (Å²) < 4.78 is 0. The Hall–Kier alpha value is -0.770. The quantitative estimate of drug-likeness (QED) is 0.706. The summed E-state index contributed by atoms with van der Waals surface area (Å²) in [6.07, 6.45) is 5.29. The van der Waals surface area contributed by atoms with Crippen molar-refractivity contribution in [1.82, 2.24) is 10.6 Å². The molecule has 1 unspecified atom stereocenters. The molecule has 17 heavy (non-hydrogen) atoms. The largest absolute Gasteiger partial charge is 0.396 e. The third kappa shape index (κ3) is 4.54. The molecule has 1 fully saturated rings. The van der Waals surface area contributed by atoms with Crippen LogP contribution in [-0.2, 0) is 0 Å². The number of carbonyl (C=O) groups excluding carboxylic acids is 1. The smallest absolute Gasteiger partial charge is 0.315 e. The zero-order chi connectivity index (χ0) is 12.9. The summed E-state index contributed by atoms with van der Waals surface area (Å²) in [6.45, 7) is 6.45. The van der Waals surface area contributed by atoms with E-state index in [4.69, 9.17) is 5.11 Å². The molecule has 1 aliphatic carbocycles. The number of amides is 2. The molecule has 1 saturated carbocycles. The fraction of sp³-hybridized carbons (Fsp3) is 0.923. The third-order valence-electron chi connectivity index (χ3n) is 3.75. The van der Waals surface area contributed by atoms with Crippen LogP contribution in [0.25, 0.3) is 0 Å². The molecule has 0 heterocycles. The Morgan fingerprint density at radius 2 is 2.18 bits per heavy atom. The van der Waals surface area contributed by atoms with Gasteiger partial charge in [-0.15, -0.1) is 0 Å². The molecule has 0 aromatic carbocycles. The van der Waals surface area contributed by atoms with Gasteiger partial charge < -0.3 is 15.7 Å². The van der Waals surface area contributed by atoms with Gasteiger partial charge >= 0.3 is 6.03 Å². The number of aliphatic hydroxyl groups excluding tert-OH is 1. The highest BCUT2D eigenvalue weighted by molar-refractivity contribution is 5.74. The van der Waals surface area contributed by atoms with Gasteiger partial charge in [0.1, 0.15) is 0 Å². The number of urea groups is 1. The first kappa shape index (κ1) is 14.3. The minimum atomic E-state index is -0.106. The highest BCUT2D eigenvalue weighted by Gasteiger charge is 2.33. The van der Waals surface area contributed by atoms with Crippen LogP contribution in [0.1, 0.15) is 52.9 Å². The van der Waals surface area contributed by atoms with Gasteiger partial charge in [0.05, 0.1) is 0 Å². The van der Waals surface area contributed by atoms with Crippen molar-refractivity contribution in [3.8, 4) is 0 Å². The van der Waals surface area contributed by atoms with Crippen molar-refractivity contribution in [2.75, 3.05) is 6.61 Å². The maximum absolute atomic E-state index is 11.8. The Labute approximate surface area is 104 Å². The monoisotopic (exact) mass is 242 g/mol.